The second-order valence-corrected chi connectivity index (χ2v) is 9.32. The van der Waals surface area contributed by atoms with Gasteiger partial charge < -0.3 is 30.9 Å². The highest BCUT2D eigenvalue weighted by molar-refractivity contribution is 6.22. The number of phenols is 1. The van der Waals surface area contributed by atoms with Crippen LogP contribution in [0.4, 0.5) is 0 Å². The van der Waals surface area contributed by atoms with Crippen LogP contribution in [0.25, 0.3) is 16.9 Å². The molecule has 2 aromatic rings. The van der Waals surface area contributed by atoms with Gasteiger partial charge in [0.15, 0.2) is 11.4 Å². The Morgan fingerprint density at radius 1 is 1.08 bits per heavy atom. The molecule has 186 valence electrons. The van der Waals surface area contributed by atoms with Gasteiger partial charge in [-0.3, -0.25) is 14.4 Å². The summed E-state index contributed by atoms with van der Waals surface area (Å²) >= 11 is 0. The van der Waals surface area contributed by atoms with Crippen molar-refractivity contribution in [1.82, 2.24) is 0 Å². The number of ether oxygens (including phenoxy) is 1. The minimum atomic E-state index is -2.58. The second-order valence-electron chi connectivity index (χ2n) is 9.32. The molecule has 1 amide bonds. The number of benzene rings is 2. The quantitative estimate of drug-likeness (QED) is 0.407. The largest absolute Gasteiger partial charge is 0.508 e. The number of nitrogens with two attached hydrogens (primary N) is 1. The van der Waals surface area contributed by atoms with Crippen molar-refractivity contribution in [3.8, 4) is 22.6 Å². The number of hydrogen-bond acceptors (Lipinski definition) is 8. The lowest BCUT2D eigenvalue weighted by atomic mass is 9.59. The molecule has 3 aliphatic carbocycles. The summed E-state index contributed by atoms with van der Waals surface area (Å²) in [6.45, 7) is 2.29. The van der Waals surface area contributed by atoms with Crippen molar-refractivity contribution < 1.29 is 39.5 Å². The molecule has 0 heterocycles. The summed E-state index contributed by atoms with van der Waals surface area (Å²) in [4.78, 5) is 37.9. The number of aliphatic hydroxyl groups excluding tert-OH is 2. The van der Waals surface area contributed by atoms with Crippen molar-refractivity contribution in [1.29, 1.82) is 0 Å². The molecule has 5 rings (SSSR count). The molecule has 0 aromatic heterocycles. The van der Waals surface area contributed by atoms with Crippen LogP contribution in [0.1, 0.15) is 30.9 Å². The van der Waals surface area contributed by atoms with Crippen LogP contribution < -0.4 is 10.5 Å². The van der Waals surface area contributed by atoms with Gasteiger partial charge in [-0.25, -0.2) is 0 Å². The molecule has 9 heteroatoms. The molecule has 3 aliphatic rings. The summed E-state index contributed by atoms with van der Waals surface area (Å²) in [6.07, 6.45) is -0.0637. The number of aromatic hydroxyl groups is 1. The number of para-hydroxylation sites is 1. The first-order chi connectivity index (χ1) is 17.1. The van der Waals surface area contributed by atoms with Crippen LogP contribution in [0.5, 0.6) is 11.5 Å². The fraction of sp³-hybridized carbons (Fsp3) is 0.296. The molecule has 1 fully saturated rings. The van der Waals surface area contributed by atoms with Crippen LogP contribution in [0, 0.1) is 11.8 Å². The molecule has 0 radical (unpaired) electrons. The third kappa shape index (κ3) is 3.16. The first-order valence-electron chi connectivity index (χ1n) is 11.7. The number of carbonyl (C=O) groups excluding carboxylic acids is 3. The second kappa shape index (κ2) is 8.23. The predicted molar refractivity (Wildman–Crippen MR) is 128 cm³/mol. The van der Waals surface area contributed by atoms with E-state index in [1.165, 1.54) is 6.07 Å². The van der Waals surface area contributed by atoms with Gasteiger partial charge in [0, 0.05) is 23.5 Å². The normalized spacial score (nSPS) is 25.3. The average molecular weight is 491 g/mol. The van der Waals surface area contributed by atoms with Gasteiger partial charge in [-0.2, -0.15) is 0 Å². The Balaban J connectivity index is 1.71. The van der Waals surface area contributed by atoms with Gasteiger partial charge in [0.05, 0.1) is 12.2 Å². The van der Waals surface area contributed by atoms with E-state index in [0.29, 0.717) is 23.5 Å². The van der Waals surface area contributed by atoms with Gasteiger partial charge in [-0.1, -0.05) is 24.3 Å². The van der Waals surface area contributed by atoms with Crippen molar-refractivity contribution in [2.45, 2.75) is 31.8 Å². The van der Waals surface area contributed by atoms with Crippen LogP contribution in [0.3, 0.4) is 0 Å². The summed E-state index contributed by atoms with van der Waals surface area (Å²) in [6, 6.07) is 10.4. The Kier molecular flexibility index (Phi) is 5.40. The molecule has 36 heavy (non-hydrogen) atoms. The van der Waals surface area contributed by atoms with E-state index in [1.807, 2.05) is 31.2 Å². The maximum absolute atomic E-state index is 13.6. The van der Waals surface area contributed by atoms with Crippen LogP contribution in [-0.4, -0.2) is 50.1 Å². The summed E-state index contributed by atoms with van der Waals surface area (Å²) in [7, 11) is 0. The number of amides is 1. The fourth-order valence-corrected chi connectivity index (χ4v) is 5.84. The SMILES string of the molecule is CCOc1ccccc1-c1ccc(O)c2c1C[C@H]1C[C@H]3CC(=O)C(C(N)=O)=C(O)[C@@]3(O)C(=O)C1=C2O. The molecule has 0 spiro atoms. The minimum absolute atomic E-state index is 0.0472. The first-order valence-corrected chi connectivity index (χ1v) is 11.7. The number of phenolic OH excluding ortho intramolecular Hbond substituents is 1. The van der Waals surface area contributed by atoms with Crippen molar-refractivity contribution in [2.75, 3.05) is 6.61 Å². The minimum Gasteiger partial charge on any atom is -0.508 e. The molecule has 0 saturated heterocycles. The third-order valence-corrected chi connectivity index (χ3v) is 7.42. The summed E-state index contributed by atoms with van der Waals surface area (Å²) in [5.74, 6) is -5.89. The van der Waals surface area contributed by atoms with E-state index in [4.69, 9.17) is 10.5 Å². The van der Waals surface area contributed by atoms with E-state index in [-0.39, 0.29) is 36.1 Å². The number of carbonyl (C=O) groups is 3. The molecule has 6 N–H and O–H groups in total. The maximum Gasteiger partial charge on any atom is 0.255 e. The molecule has 3 atom stereocenters. The topological polar surface area (TPSA) is 167 Å². The smallest absolute Gasteiger partial charge is 0.255 e. The zero-order valence-corrected chi connectivity index (χ0v) is 19.4. The Labute approximate surface area is 206 Å². The van der Waals surface area contributed by atoms with Crippen LogP contribution in [-0.2, 0) is 20.8 Å². The number of ketones is 2. The highest BCUT2D eigenvalue weighted by Gasteiger charge is 2.60. The van der Waals surface area contributed by atoms with Crippen molar-refractivity contribution in [3.63, 3.8) is 0 Å². The lowest BCUT2D eigenvalue weighted by Crippen LogP contribution is -2.58. The van der Waals surface area contributed by atoms with Crippen LogP contribution in [0.15, 0.2) is 53.3 Å². The highest BCUT2D eigenvalue weighted by Crippen LogP contribution is 2.53. The van der Waals surface area contributed by atoms with E-state index >= 15 is 0 Å². The summed E-state index contributed by atoms with van der Waals surface area (Å²) in [5, 5.41) is 43.9. The Morgan fingerprint density at radius 3 is 2.50 bits per heavy atom. The van der Waals surface area contributed by atoms with Gasteiger partial charge in [0.1, 0.15) is 28.6 Å². The highest BCUT2D eigenvalue weighted by atomic mass is 16.5. The fourth-order valence-electron chi connectivity index (χ4n) is 5.84. The lowest BCUT2D eigenvalue weighted by Gasteiger charge is -2.46. The standard InChI is InChI=1S/C27H25NO8/c1-2-36-19-6-4-3-5-15(19)14-7-8-17(29)21-16(14)10-12-9-13-11-18(30)22(26(28)34)25(33)27(13,35)24(32)20(12)23(21)31/h3-8,12-13,29,31,33,35H,2,9-11H2,1H3,(H2,28,34)/t12-,13+,27+/m1/s1. The number of aliphatic hydroxyl groups is 3. The third-order valence-electron chi connectivity index (χ3n) is 7.42. The molecule has 0 unspecified atom stereocenters. The van der Waals surface area contributed by atoms with Gasteiger partial charge >= 0.3 is 0 Å². The van der Waals surface area contributed by atoms with E-state index < -0.39 is 52.0 Å². The lowest BCUT2D eigenvalue weighted by molar-refractivity contribution is -0.147. The van der Waals surface area contributed by atoms with Crippen molar-refractivity contribution >= 4 is 23.2 Å². The van der Waals surface area contributed by atoms with E-state index in [0.717, 1.165) is 5.56 Å². The number of hydrogen-bond donors (Lipinski definition) is 5. The zero-order chi connectivity index (χ0) is 25.9. The van der Waals surface area contributed by atoms with Crippen LogP contribution in [0.2, 0.25) is 0 Å². The molecule has 0 aliphatic heterocycles. The zero-order valence-electron chi connectivity index (χ0n) is 19.4. The van der Waals surface area contributed by atoms with Crippen LogP contribution >= 0.6 is 0 Å². The molecule has 9 nitrogen and oxygen atoms in total. The maximum atomic E-state index is 13.6. The Hall–Kier alpha value is -4.11. The van der Waals surface area contributed by atoms with E-state index in [2.05, 4.69) is 0 Å². The predicted octanol–water partition coefficient (Wildman–Crippen LogP) is 2.49. The van der Waals surface area contributed by atoms with Gasteiger partial charge in [-0.05, 0) is 48.9 Å². The number of Topliss-reactive ketones (excluding diaryl/α,β-unsaturated/α-hetero) is 2. The van der Waals surface area contributed by atoms with E-state index in [1.54, 1.807) is 6.07 Å². The first kappa shape index (κ1) is 23.6. The molecule has 0 bridgehead atoms. The summed E-state index contributed by atoms with van der Waals surface area (Å²) < 4.78 is 5.77. The van der Waals surface area contributed by atoms with Gasteiger partial charge in [0.2, 0.25) is 5.78 Å². The molecule has 1 saturated carbocycles. The molecular formula is C27H25NO8. The number of primary amides is 1. The monoisotopic (exact) mass is 491 g/mol. The number of fused-ring (bicyclic) bond motifs is 3. The molecular weight excluding hydrogens is 466 g/mol. The Morgan fingerprint density at radius 2 is 1.81 bits per heavy atom. The molecule has 2 aromatic carbocycles. The van der Waals surface area contributed by atoms with Crippen molar-refractivity contribution in [3.05, 3.63) is 64.4 Å². The average Bonchev–Trinajstić information content (AvgIpc) is 2.82. The summed E-state index contributed by atoms with van der Waals surface area (Å²) in [5.41, 5.74) is 3.73. The van der Waals surface area contributed by atoms with Crippen molar-refractivity contribution in [2.24, 2.45) is 17.6 Å². The van der Waals surface area contributed by atoms with Gasteiger partial charge in [0.25, 0.3) is 5.91 Å². The Bertz CT molecular complexity index is 1400. The van der Waals surface area contributed by atoms with Gasteiger partial charge in [-0.15, -0.1) is 0 Å². The number of rotatable bonds is 4. The van der Waals surface area contributed by atoms with E-state index in [9.17, 15) is 34.8 Å².